The molecule has 1 unspecified atom stereocenters. The molecule has 0 aliphatic rings. The minimum Gasteiger partial charge on any atom is -0.457 e. The van der Waals surface area contributed by atoms with Crippen molar-refractivity contribution in [3.8, 4) is 11.5 Å². The molecule has 0 aliphatic heterocycles. The fraction of sp³-hybridized carbons (Fsp3) is 0.188. The van der Waals surface area contributed by atoms with Crippen LogP contribution < -0.4 is 15.4 Å². The lowest BCUT2D eigenvalue weighted by atomic mass is 9.92. The molecule has 38 heavy (non-hydrogen) atoms. The summed E-state index contributed by atoms with van der Waals surface area (Å²) in [5, 5.41) is 5.53. The Balaban J connectivity index is 1.43. The number of benzene rings is 4. The van der Waals surface area contributed by atoms with Gasteiger partial charge >= 0.3 is 0 Å². The Bertz CT molecular complexity index is 1330. The number of ether oxygens (including phenoxy) is 1. The van der Waals surface area contributed by atoms with Gasteiger partial charge in [0.15, 0.2) is 0 Å². The van der Waals surface area contributed by atoms with E-state index in [-0.39, 0.29) is 17.2 Å². The highest BCUT2D eigenvalue weighted by atomic mass is 32.2. The molecule has 2 N–H and O–H groups in total. The maximum Gasteiger partial charge on any atom is 0.242 e. The molecule has 0 radical (unpaired) electrons. The first-order valence-electron chi connectivity index (χ1n) is 12.5. The molecule has 0 saturated carbocycles. The summed E-state index contributed by atoms with van der Waals surface area (Å²) in [4.78, 5) is 26.6. The van der Waals surface area contributed by atoms with E-state index in [1.807, 2.05) is 130 Å². The molecule has 4 aromatic rings. The van der Waals surface area contributed by atoms with Gasteiger partial charge in [-0.1, -0.05) is 69.3 Å². The molecule has 0 saturated heterocycles. The van der Waals surface area contributed by atoms with Crippen molar-refractivity contribution in [3.05, 3.63) is 115 Å². The third kappa shape index (κ3) is 8.25. The zero-order valence-electron chi connectivity index (χ0n) is 21.8. The van der Waals surface area contributed by atoms with Crippen LogP contribution in [-0.4, -0.2) is 11.8 Å². The number of hydrogen-bond acceptors (Lipinski definition) is 4. The summed E-state index contributed by atoms with van der Waals surface area (Å²) in [6.07, 6.45) is 0.444. The highest BCUT2D eigenvalue weighted by molar-refractivity contribution is 8.00. The smallest absolute Gasteiger partial charge is 0.242 e. The zero-order chi connectivity index (χ0) is 27.0. The largest absolute Gasteiger partial charge is 0.457 e. The van der Waals surface area contributed by atoms with Gasteiger partial charge in [-0.2, -0.15) is 0 Å². The van der Waals surface area contributed by atoms with Crippen molar-refractivity contribution in [2.75, 3.05) is 10.6 Å². The Labute approximate surface area is 228 Å². The first-order chi connectivity index (χ1) is 18.2. The van der Waals surface area contributed by atoms with E-state index in [1.165, 1.54) is 11.8 Å². The maximum absolute atomic E-state index is 13.4. The van der Waals surface area contributed by atoms with Gasteiger partial charge in [-0.05, 0) is 71.6 Å². The van der Waals surface area contributed by atoms with Crippen LogP contribution in [0.15, 0.2) is 114 Å². The van der Waals surface area contributed by atoms with Crippen molar-refractivity contribution in [3.63, 3.8) is 0 Å². The third-order valence-corrected chi connectivity index (χ3v) is 6.79. The molecule has 0 bridgehead atoms. The second kappa shape index (κ2) is 12.5. The third-order valence-electron chi connectivity index (χ3n) is 5.52. The van der Waals surface area contributed by atoms with Crippen LogP contribution in [0.4, 0.5) is 11.4 Å². The summed E-state index contributed by atoms with van der Waals surface area (Å²) < 4.78 is 5.85. The van der Waals surface area contributed by atoms with Crippen LogP contribution in [-0.2, 0) is 9.59 Å². The molecule has 0 aromatic heterocycles. The normalized spacial score (nSPS) is 11.9. The SMILES string of the molecule is CC(C)(C)CC(=O)Nc1ccc(SC(C(=O)Nc2ccc(Oc3ccccc3)cc2)c2ccccc2)cc1. The van der Waals surface area contributed by atoms with Crippen molar-refractivity contribution in [1.29, 1.82) is 0 Å². The molecule has 0 aliphatic carbocycles. The molecule has 194 valence electrons. The number of hydrogen-bond donors (Lipinski definition) is 2. The lowest BCUT2D eigenvalue weighted by molar-refractivity contribution is -0.118. The summed E-state index contributed by atoms with van der Waals surface area (Å²) in [5.41, 5.74) is 2.25. The van der Waals surface area contributed by atoms with E-state index in [0.717, 1.165) is 21.9 Å². The molecule has 4 aromatic carbocycles. The van der Waals surface area contributed by atoms with Crippen LogP contribution in [0.2, 0.25) is 0 Å². The Kier molecular flexibility index (Phi) is 8.87. The number of anilines is 2. The van der Waals surface area contributed by atoms with Gasteiger partial charge in [0.25, 0.3) is 0 Å². The Hall–Kier alpha value is -4.03. The molecule has 4 rings (SSSR count). The first kappa shape index (κ1) is 27.0. The van der Waals surface area contributed by atoms with E-state index in [9.17, 15) is 9.59 Å². The standard InChI is InChI=1S/C32H32N2O3S/c1-32(2,3)22-29(35)33-24-16-20-28(21-17-24)38-30(23-10-6-4-7-11-23)31(36)34-25-14-18-27(19-15-25)37-26-12-8-5-9-13-26/h4-21,30H,22H2,1-3H3,(H,33,35)(H,34,36). The number of rotatable bonds is 9. The number of carbonyl (C=O) groups excluding carboxylic acids is 2. The van der Waals surface area contributed by atoms with Crippen molar-refractivity contribution in [1.82, 2.24) is 0 Å². The molecular weight excluding hydrogens is 492 g/mol. The van der Waals surface area contributed by atoms with Crippen molar-refractivity contribution in [2.45, 2.75) is 37.3 Å². The summed E-state index contributed by atoms with van der Waals surface area (Å²) in [6, 6.07) is 34.2. The van der Waals surface area contributed by atoms with Gasteiger partial charge in [0, 0.05) is 22.7 Å². The fourth-order valence-corrected chi connectivity index (χ4v) is 4.80. The quantitative estimate of drug-likeness (QED) is 0.216. The summed E-state index contributed by atoms with van der Waals surface area (Å²) in [5.74, 6) is 1.31. The van der Waals surface area contributed by atoms with Crippen LogP contribution in [0.1, 0.15) is 38.0 Å². The summed E-state index contributed by atoms with van der Waals surface area (Å²) >= 11 is 1.46. The lowest BCUT2D eigenvalue weighted by Crippen LogP contribution is -2.19. The van der Waals surface area contributed by atoms with E-state index in [4.69, 9.17) is 4.74 Å². The average molecular weight is 525 g/mol. The minimum absolute atomic E-state index is 0.0142. The van der Waals surface area contributed by atoms with Gasteiger partial charge in [0.05, 0.1) is 0 Å². The molecule has 5 nitrogen and oxygen atoms in total. The van der Waals surface area contributed by atoms with E-state index in [1.54, 1.807) is 0 Å². The van der Waals surface area contributed by atoms with Gasteiger partial charge in [0.2, 0.25) is 11.8 Å². The zero-order valence-corrected chi connectivity index (χ0v) is 22.6. The molecule has 6 heteroatoms. The number of thioether (sulfide) groups is 1. The second-order valence-corrected chi connectivity index (χ2v) is 11.3. The topological polar surface area (TPSA) is 67.4 Å². The number of amides is 2. The first-order valence-corrected chi connectivity index (χ1v) is 13.4. The highest BCUT2D eigenvalue weighted by Crippen LogP contribution is 2.37. The average Bonchev–Trinajstić information content (AvgIpc) is 2.89. The van der Waals surface area contributed by atoms with Crippen molar-refractivity contribution in [2.24, 2.45) is 5.41 Å². The van der Waals surface area contributed by atoms with E-state index in [0.29, 0.717) is 17.9 Å². The van der Waals surface area contributed by atoms with Gasteiger partial charge in [-0.15, -0.1) is 11.8 Å². The van der Waals surface area contributed by atoms with Gasteiger partial charge in [0.1, 0.15) is 16.7 Å². The van der Waals surface area contributed by atoms with Gasteiger partial charge in [-0.25, -0.2) is 0 Å². The number of nitrogens with one attached hydrogen (secondary N) is 2. The number of carbonyl (C=O) groups is 2. The lowest BCUT2D eigenvalue weighted by Gasteiger charge is -2.18. The molecule has 0 fully saturated rings. The Morgan fingerprint density at radius 2 is 1.24 bits per heavy atom. The van der Waals surface area contributed by atoms with Crippen LogP contribution in [0.3, 0.4) is 0 Å². The van der Waals surface area contributed by atoms with Crippen LogP contribution in [0.25, 0.3) is 0 Å². The highest BCUT2D eigenvalue weighted by Gasteiger charge is 2.22. The summed E-state index contributed by atoms with van der Waals surface area (Å²) in [6.45, 7) is 6.11. The maximum atomic E-state index is 13.4. The minimum atomic E-state index is -0.460. The van der Waals surface area contributed by atoms with Gasteiger partial charge < -0.3 is 15.4 Å². The Morgan fingerprint density at radius 3 is 1.84 bits per heavy atom. The Morgan fingerprint density at radius 1 is 0.711 bits per heavy atom. The van der Waals surface area contributed by atoms with Crippen molar-refractivity contribution < 1.29 is 14.3 Å². The molecular formula is C32H32N2O3S. The van der Waals surface area contributed by atoms with Crippen LogP contribution in [0.5, 0.6) is 11.5 Å². The predicted octanol–water partition coefficient (Wildman–Crippen LogP) is 8.33. The molecule has 0 spiro atoms. The van der Waals surface area contributed by atoms with Gasteiger partial charge in [-0.3, -0.25) is 9.59 Å². The molecule has 1 atom stereocenters. The predicted molar refractivity (Wildman–Crippen MR) is 156 cm³/mol. The van der Waals surface area contributed by atoms with E-state index in [2.05, 4.69) is 10.6 Å². The van der Waals surface area contributed by atoms with E-state index < -0.39 is 5.25 Å². The molecule has 0 heterocycles. The fourth-order valence-electron chi connectivity index (χ4n) is 3.78. The second-order valence-electron chi connectivity index (χ2n) is 10.1. The monoisotopic (exact) mass is 524 g/mol. The number of para-hydroxylation sites is 1. The van der Waals surface area contributed by atoms with Crippen molar-refractivity contribution >= 4 is 35.0 Å². The van der Waals surface area contributed by atoms with Crippen LogP contribution in [0, 0.1) is 5.41 Å². The summed E-state index contributed by atoms with van der Waals surface area (Å²) in [7, 11) is 0. The van der Waals surface area contributed by atoms with Crippen LogP contribution >= 0.6 is 11.8 Å². The van der Waals surface area contributed by atoms with E-state index >= 15 is 0 Å². The molecule has 2 amide bonds.